The van der Waals surface area contributed by atoms with Crippen LogP contribution in [0.25, 0.3) is 17.1 Å². The maximum Gasteiger partial charge on any atom is 0.230 e. The minimum Gasteiger partial charge on any atom is -0.497 e. The smallest absolute Gasteiger partial charge is 0.230 e. The second-order valence-corrected chi connectivity index (χ2v) is 8.70. The first-order valence-electron chi connectivity index (χ1n) is 10.8. The topological polar surface area (TPSA) is 87.5 Å². The standard InChI is InChI=1S/C24H28N4O4S/c1-16-7-4-5-9-21(16)28-23(17-11-19(30-2)13-20(12-17)31-3)26-27-24(28)33-15-22(29)25-14-18-8-6-10-32-18/h4-5,7,9,11-13,18H,6,8,10,14-15H2,1-3H3,(H,25,29)/t18-/m1/s1. The number of carbonyl (C=O) groups is 1. The molecule has 0 saturated carbocycles. The Hall–Kier alpha value is -3.04. The second-order valence-electron chi connectivity index (χ2n) is 7.76. The molecule has 0 bridgehead atoms. The SMILES string of the molecule is COc1cc(OC)cc(-c2nnc(SCC(=O)NC[C@H]3CCCO3)n2-c2ccccc2C)c1. The largest absolute Gasteiger partial charge is 0.497 e. The van der Waals surface area contributed by atoms with Crippen molar-refractivity contribution < 1.29 is 19.0 Å². The van der Waals surface area contributed by atoms with Gasteiger partial charge in [0.1, 0.15) is 11.5 Å². The lowest BCUT2D eigenvalue weighted by Gasteiger charge is -2.14. The molecule has 4 rings (SSSR count). The molecule has 174 valence electrons. The van der Waals surface area contributed by atoms with Gasteiger partial charge in [-0.05, 0) is 43.5 Å². The molecule has 0 aliphatic carbocycles. The summed E-state index contributed by atoms with van der Waals surface area (Å²) in [4.78, 5) is 12.5. The zero-order valence-corrected chi connectivity index (χ0v) is 19.9. The number of hydrogen-bond donors (Lipinski definition) is 1. The van der Waals surface area contributed by atoms with Gasteiger partial charge in [-0.2, -0.15) is 0 Å². The number of hydrogen-bond acceptors (Lipinski definition) is 7. The highest BCUT2D eigenvalue weighted by atomic mass is 32.2. The molecule has 0 unspecified atom stereocenters. The van der Waals surface area contributed by atoms with Gasteiger partial charge >= 0.3 is 0 Å². The third-order valence-corrected chi connectivity index (χ3v) is 6.41. The highest BCUT2D eigenvalue weighted by Crippen LogP contribution is 2.33. The molecule has 33 heavy (non-hydrogen) atoms. The van der Waals surface area contributed by atoms with E-state index in [1.165, 1.54) is 11.8 Å². The zero-order chi connectivity index (χ0) is 23.2. The van der Waals surface area contributed by atoms with Crippen LogP contribution in [0.5, 0.6) is 11.5 Å². The number of para-hydroxylation sites is 1. The van der Waals surface area contributed by atoms with Crippen LogP contribution in [0, 0.1) is 6.92 Å². The van der Waals surface area contributed by atoms with Crippen LogP contribution < -0.4 is 14.8 Å². The predicted octanol–water partition coefficient (Wildman–Crippen LogP) is 3.65. The number of methoxy groups -OCH3 is 2. The number of benzene rings is 2. The van der Waals surface area contributed by atoms with Gasteiger partial charge in [0.15, 0.2) is 11.0 Å². The minimum absolute atomic E-state index is 0.0561. The van der Waals surface area contributed by atoms with E-state index in [-0.39, 0.29) is 17.8 Å². The fourth-order valence-corrected chi connectivity index (χ4v) is 4.51. The lowest BCUT2D eigenvalue weighted by atomic mass is 10.1. The van der Waals surface area contributed by atoms with Crippen molar-refractivity contribution >= 4 is 17.7 Å². The average Bonchev–Trinajstić information content (AvgIpc) is 3.51. The van der Waals surface area contributed by atoms with Crippen molar-refractivity contribution in [3.8, 4) is 28.6 Å². The number of ether oxygens (including phenoxy) is 3. The molecule has 8 nitrogen and oxygen atoms in total. The van der Waals surface area contributed by atoms with Crippen molar-refractivity contribution in [2.75, 3.05) is 33.1 Å². The molecule has 1 atom stereocenters. The molecule has 1 amide bonds. The maximum absolute atomic E-state index is 12.5. The monoisotopic (exact) mass is 468 g/mol. The van der Waals surface area contributed by atoms with Gasteiger partial charge in [0, 0.05) is 24.8 Å². The summed E-state index contributed by atoms with van der Waals surface area (Å²) in [6, 6.07) is 13.6. The minimum atomic E-state index is -0.0561. The van der Waals surface area contributed by atoms with Crippen molar-refractivity contribution in [2.45, 2.75) is 31.0 Å². The number of aromatic nitrogens is 3. The van der Waals surface area contributed by atoms with E-state index in [0.717, 1.165) is 36.3 Å². The Morgan fingerprint density at radius 1 is 1.18 bits per heavy atom. The number of nitrogens with one attached hydrogen (secondary N) is 1. The van der Waals surface area contributed by atoms with Crippen molar-refractivity contribution in [3.05, 3.63) is 48.0 Å². The van der Waals surface area contributed by atoms with Crippen LogP contribution in [-0.4, -0.2) is 59.9 Å². The van der Waals surface area contributed by atoms with E-state index < -0.39 is 0 Å². The Labute approximate surface area is 197 Å². The number of rotatable bonds is 9. The highest BCUT2D eigenvalue weighted by molar-refractivity contribution is 7.99. The van der Waals surface area contributed by atoms with Gasteiger partial charge in [-0.1, -0.05) is 30.0 Å². The summed E-state index contributed by atoms with van der Waals surface area (Å²) in [5.74, 6) is 2.14. The van der Waals surface area contributed by atoms with E-state index in [4.69, 9.17) is 14.2 Å². The lowest BCUT2D eigenvalue weighted by molar-refractivity contribution is -0.119. The molecule has 1 aromatic heterocycles. The van der Waals surface area contributed by atoms with E-state index in [0.29, 0.717) is 29.0 Å². The molecule has 3 aromatic rings. The van der Waals surface area contributed by atoms with Crippen LogP contribution in [0.15, 0.2) is 47.6 Å². The molecule has 1 aliphatic heterocycles. The molecule has 1 aliphatic rings. The van der Waals surface area contributed by atoms with Crippen molar-refractivity contribution in [2.24, 2.45) is 0 Å². The summed E-state index contributed by atoms with van der Waals surface area (Å²) >= 11 is 1.35. The zero-order valence-electron chi connectivity index (χ0n) is 19.0. The van der Waals surface area contributed by atoms with E-state index in [9.17, 15) is 4.79 Å². The number of amides is 1. The Kier molecular flexibility index (Phi) is 7.51. The second kappa shape index (κ2) is 10.7. The third-order valence-electron chi connectivity index (χ3n) is 5.48. The first kappa shape index (κ1) is 23.1. The quantitative estimate of drug-likeness (QED) is 0.480. The first-order chi connectivity index (χ1) is 16.1. The number of nitrogens with zero attached hydrogens (tertiary/aromatic N) is 3. The van der Waals surface area contributed by atoms with Gasteiger partial charge in [0.25, 0.3) is 0 Å². The number of aryl methyl sites for hydroxylation is 1. The fraction of sp³-hybridized carbons (Fsp3) is 0.375. The van der Waals surface area contributed by atoms with Crippen molar-refractivity contribution in [1.82, 2.24) is 20.1 Å². The summed E-state index contributed by atoms with van der Waals surface area (Å²) in [6.07, 6.45) is 2.15. The van der Waals surface area contributed by atoms with Crippen LogP contribution in [0.1, 0.15) is 18.4 Å². The Balaban J connectivity index is 1.62. The Morgan fingerprint density at radius 2 is 1.94 bits per heavy atom. The maximum atomic E-state index is 12.5. The van der Waals surface area contributed by atoms with Gasteiger partial charge in [0.05, 0.1) is 31.8 Å². The Bertz CT molecular complexity index is 1090. The van der Waals surface area contributed by atoms with Crippen molar-refractivity contribution in [3.63, 3.8) is 0 Å². The summed E-state index contributed by atoms with van der Waals surface area (Å²) in [5.41, 5.74) is 2.82. The Morgan fingerprint density at radius 3 is 2.61 bits per heavy atom. The molecule has 0 radical (unpaired) electrons. The molecule has 9 heteroatoms. The van der Waals surface area contributed by atoms with Gasteiger partial charge in [-0.15, -0.1) is 10.2 Å². The normalized spacial score (nSPS) is 15.4. The molecule has 1 N–H and O–H groups in total. The summed E-state index contributed by atoms with van der Waals surface area (Å²) in [6.45, 7) is 3.35. The molecule has 1 saturated heterocycles. The van der Waals surface area contributed by atoms with Crippen LogP contribution in [0.4, 0.5) is 0 Å². The molecular weight excluding hydrogens is 440 g/mol. The third kappa shape index (κ3) is 5.48. The van der Waals surface area contributed by atoms with Crippen LogP contribution in [0.2, 0.25) is 0 Å². The van der Waals surface area contributed by atoms with Gasteiger partial charge in [-0.25, -0.2) is 0 Å². The van der Waals surface area contributed by atoms with Gasteiger partial charge < -0.3 is 19.5 Å². The summed E-state index contributed by atoms with van der Waals surface area (Å²) < 4.78 is 18.4. The van der Waals surface area contributed by atoms with E-state index >= 15 is 0 Å². The van der Waals surface area contributed by atoms with Gasteiger partial charge in [0.2, 0.25) is 5.91 Å². The lowest BCUT2D eigenvalue weighted by Crippen LogP contribution is -2.32. The molecule has 0 spiro atoms. The average molecular weight is 469 g/mol. The summed E-state index contributed by atoms with van der Waals surface area (Å²) in [7, 11) is 3.22. The predicted molar refractivity (Wildman–Crippen MR) is 127 cm³/mol. The summed E-state index contributed by atoms with van der Waals surface area (Å²) in [5, 5.41) is 12.5. The van der Waals surface area contributed by atoms with E-state index in [1.54, 1.807) is 14.2 Å². The number of carbonyl (C=O) groups excluding carboxylic acids is 1. The molecule has 2 aromatic carbocycles. The van der Waals surface area contributed by atoms with E-state index in [2.05, 4.69) is 15.5 Å². The first-order valence-corrected chi connectivity index (χ1v) is 11.8. The highest BCUT2D eigenvalue weighted by Gasteiger charge is 2.21. The van der Waals surface area contributed by atoms with Crippen LogP contribution in [0.3, 0.4) is 0 Å². The van der Waals surface area contributed by atoms with Crippen LogP contribution in [-0.2, 0) is 9.53 Å². The van der Waals surface area contributed by atoms with Crippen LogP contribution >= 0.6 is 11.8 Å². The molecule has 1 fully saturated rings. The fourth-order valence-electron chi connectivity index (χ4n) is 3.73. The van der Waals surface area contributed by atoms with Gasteiger partial charge in [-0.3, -0.25) is 9.36 Å². The van der Waals surface area contributed by atoms with Crippen molar-refractivity contribution in [1.29, 1.82) is 0 Å². The van der Waals surface area contributed by atoms with E-state index in [1.807, 2.05) is 54.0 Å². The molecule has 2 heterocycles. The number of thioether (sulfide) groups is 1. The molecular formula is C24H28N4O4S.